The van der Waals surface area contributed by atoms with Crippen molar-refractivity contribution in [2.24, 2.45) is 0 Å². The van der Waals surface area contributed by atoms with Gasteiger partial charge < -0.3 is 10.2 Å². The fourth-order valence-electron chi connectivity index (χ4n) is 3.78. The summed E-state index contributed by atoms with van der Waals surface area (Å²) in [5.74, 6) is 0.0626. The average molecular weight is 339 g/mol. The Bertz CT molecular complexity index is 773. The number of fused-ring (bicyclic) bond motifs is 1. The Hall–Kier alpha value is -2.70. The number of carbonyl (C=O) groups excluding carboxylic acids is 2. The van der Waals surface area contributed by atoms with E-state index in [2.05, 4.69) is 15.6 Å². The molecule has 2 aliphatic heterocycles. The predicted molar refractivity (Wildman–Crippen MR) is 91.4 cm³/mol. The van der Waals surface area contributed by atoms with E-state index in [4.69, 9.17) is 0 Å². The molecule has 7 heteroatoms. The standard InChI is InChI=1S/C18H21N5O2/c24-17-9-7-14-6-8-16(23(14)17)18(25)19-10-11-22-12-15(20-21-22)13-4-2-1-3-5-13/h1-5,12,14,16H,6-11H2,(H,19,25). The summed E-state index contributed by atoms with van der Waals surface area (Å²) in [5, 5.41) is 11.2. The van der Waals surface area contributed by atoms with E-state index in [9.17, 15) is 9.59 Å². The van der Waals surface area contributed by atoms with Gasteiger partial charge >= 0.3 is 0 Å². The van der Waals surface area contributed by atoms with E-state index in [1.54, 1.807) is 9.58 Å². The van der Waals surface area contributed by atoms with Crippen molar-refractivity contribution in [3.63, 3.8) is 0 Å². The first kappa shape index (κ1) is 15.8. The number of amides is 2. The van der Waals surface area contributed by atoms with Gasteiger partial charge in [0.15, 0.2) is 0 Å². The van der Waals surface area contributed by atoms with E-state index in [-0.39, 0.29) is 23.9 Å². The number of hydrogen-bond acceptors (Lipinski definition) is 4. The van der Waals surface area contributed by atoms with Crippen molar-refractivity contribution in [3.8, 4) is 11.3 Å². The highest BCUT2D eigenvalue weighted by Crippen LogP contribution is 2.33. The Balaban J connectivity index is 1.30. The first-order valence-corrected chi connectivity index (χ1v) is 8.77. The number of aromatic nitrogens is 3. The van der Waals surface area contributed by atoms with Crippen LogP contribution in [0.3, 0.4) is 0 Å². The van der Waals surface area contributed by atoms with Crippen LogP contribution in [0.1, 0.15) is 25.7 Å². The zero-order valence-corrected chi connectivity index (χ0v) is 14.0. The second kappa shape index (κ2) is 6.66. The lowest BCUT2D eigenvalue weighted by Crippen LogP contribution is -2.46. The van der Waals surface area contributed by atoms with Crippen LogP contribution >= 0.6 is 0 Å². The minimum atomic E-state index is -0.296. The highest BCUT2D eigenvalue weighted by atomic mass is 16.2. The van der Waals surface area contributed by atoms with E-state index in [0.717, 1.165) is 30.5 Å². The lowest BCUT2D eigenvalue weighted by Gasteiger charge is -2.23. The minimum absolute atomic E-state index is 0.0545. The highest BCUT2D eigenvalue weighted by Gasteiger charge is 2.44. The van der Waals surface area contributed by atoms with Gasteiger partial charge in [0.2, 0.25) is 11.8 Å². The molecule has 2 fully saturated rings. The summed E-state index contributed by atoms with van der Waals surface area (Å²) in [6.07, 6.45) is 5.05. The van der Waals surface area contributed by atoms with Gasteiger partial charge in [-0.25, -0.2) is 0 Å². The van der Waals surface area contributed by atoms with Crippen molar-refractivity contribution < 1.29 is 9.59 Å². The molecule has 2 atom stereocenters. The van der Waals surface area contributed by atoms with E-state index in [0.29, 0.717) is 19.5 Å². The zero-order chi connectivity index (χ0) is 17.2. The second-order valence-electron chi connectivity index (χ2n) is 6.61. The van der Waals surface area contributed by atoms with Crippen LogP contribution in [0.25, 0.3) is 11.3 Å². The minimum Gasteiger partial charge on any atom is -0.352 e. The molecule has 0 radical (unpaired) electrons. The lowest BCUT2D eigenvalue weighted by atomic mass is 10.1. The molecule has 1 N–H and O–H groups in total. The van der Waals surface area contributed by atoms with Gasteiger partial charge in [-0.3, -0.25) is 14.3 Å². The van der Waals surface area contributed by atoms with Gasteiger partial charge in [0, 0.05) is 24.6 Å². The fraction of sp³-hybridized carbons (Fsp3) is 0.444. The average Bonchev–Trinajstić information content (AvgIpc) is 3.34. The van der Waals surface area contributed by atoms with Gasteiger partial charge in [-0.2, -0.15) is 0 Å². The molecule has 4 rings (SSSR count). The molecule has 130 valence electrons. The van der Waals surface area contributed by atoms with Crippen molar-refractivity contribution in [3.05, 3.63) is 36.5 Å². The number of rotatable bonds is 5. The molecule has 7 nitrogen and oxygen atoms in total. The van der Waals surface area contributed by atoms with Crippen molar-refractivity contribution in [1.82, 2.24) is 25.2 Å². The summed E-state index contributed by atoms with van der Waals surface area (Å²) < 4.78 is 1.72. The highest BCUT2D eigenvalue weighted by molar-refractivity contribution is 5.89. The maximum atomic E-state index is 12.4. The third-order valence-electron chi connectivity index (χ3n) is 5.03. The SMILES string of the molecule is O=C(NCCn1cc(-c2ccccc2)nn1)C1CCC2CCC(=O)N21. The number of hydrogen-bond donors (Lipinski definition) is 1. The van der Waals surface area contributed by atoms with E-state index < -0.39 is 0 Å². The molecule has 0 bridgehead atoms. The van der Waals surface area contributed by atoms with Crippen LogP contribution in [0.15, 0.2) is 36.5 Å². The Morgan fingerprint density at radius 3 is 2.88 bits per heavy atom. The normalized spacial score (nSPS) is 22.2. The maximum absolute atomic E-state index is 12.4. The summed E-state index contributed by atoms with van der Waals surface area (Å²) in [6, 6.07) is 9.83. The van der Waals surface area contributed by atoms with Crippen molar-refractivity contribution in [2.75, 3.05) is 6.54 Å². The molecule has 1 aromatic carbocycles. The van der Waals surface area contributed by atoms with Crippen LogP contribution in [0, 0.1) is 0 Å². The van der Waals surface area contributed by atoms with Crippen LogP contribution < -0.4 is 5.32 Å². The number of nitrogens with one attached hydrogen (secondary N) is 1. The first-order chi connectivity index (χ1) is 12.2. The second-order valence-corrected chi connectivity index (χ2v) is 6.61. The van der Waals surface area contributed by atoms with Gasteiger partial charge in [-0.15, -0.1) is 5.10 Å². The van der Waals surface area contributed by atoms with Crippen LogP contribution in [-0.2, 0) is 16.1 Å². The molecule has 2 saturated heterocycles. The van der Waals surface area contributed by atoms with Gasteiger partial charge in [-0.1, -0.05) is 35.5 Å². The molecule has 2 aromatic rings. The molecular weight excluding hydrogens is 318 g/mol. The number of nitrogens with zero attached hydrogens (tertiary/aromatic N) is 4. The predicted octanol–water partition coefficient (Wildman–Crippen LogP) is 1.21. The van der Waals surface area contributed by atoms with E-state index >= 15 is 0 Å². The van der Waals surface area contributed by atoms with Gasteiger partial charge in [0.25, 0.3) is 0 Å². The largest absolute Gasteiger partial charge is 0.352 e. The summed E-state index contributed by atoms with van der Waals surface area (Å²) in [6.45, 7) is 1.02. The van der Waals surface area contributed by atoms with E-state index in [1.807, 2.05) is 36.5 Å². The molecule has 1 aromatic heterocycles. The number of benzene rings is 1. The van der Waals surface area contributed by atoms with Gasteiger partial charge in [0.1, 0.15) is 11.7 Å². The summed E-state index contributed by atoms with van der Waals surface area (Å²) >= 11 is 0. The Kier molecular flexibility index (Phi) is 4.21. The molecule has 2 unspecified atom stereocenters. The molecule has 2 amide bonds. The first-order valence-electron chi connectivity index (χ1n) is 8.77. The molecule has 2 aliphatic rings. The zero-order valence-electron chi connectivity index (χ0n) is 14.0. The van der Waals surface area contributed by atoms with Crippen LogP contribution in [0.5, 0.6) is 0 Å². The van der Waals surface area contributed by atoms with Crippen LogP contribution in [0.2, 0.25) is 0 Å². The topological polar surface area (TPSA) is 80.1 Å². The molecule has 25 heavy (non-hydrogen) atoms. The monoisotopic (exact) mass is 339 g/mol. The smallest absolute Gasteiger partial charge is 0.242 e. The quantitative estimate of drug-likeness (QED) is 0.888. The van der Waals surface area contributed by atoms with Crippen molar-refractivity contribution >= 4 is 11.8 Å². The van der Waals surface area contributed by atoms with Gasteiger partial charge in [-0.05, 0) is 19.3 Å². The Morgan fingerprint density at radius 1 is 1.20 bits per heavy atom. The molecule has 0 saturated carbocycles. The summed E-state index contributed by atoms with van der Waals surface area (Å²) in [5.41, 5.74) is 1.83. The molecular formula is C18H21N5O2. The van der Waals surface area contributed by atoms with Crippen molar-refractivity contribution in [1.29, 1.82) is 0 Å². The molecule has 3 heterocycles. The van der Waals surface area contributed by atoms with E-state index in [1.165, 1.54) is 0 Å². The third-order valence-corrected chi connectivity index (χ3v) is 5.03. The Morgan fingerprint density at radius 2 is 2.04 bits per heavy atom. The Labute approximate surface area is 146 Å². The molecule has 0 spiro atoms. The van der Waals surface area contributed by atoms with Gasteiger partial charge in [0.05, 0.1) is 12.7 Å². The van der Waals surface area contributed by atoms with Crippen LogP contribution in [0.4, 0.5) is 0 Å². The number of carbonyl (C=O) groups is 2. The summed E-state index contributed by atoms with van der Waals surface area (Å²) in [7, 11) is 0. The maximum Gasteiger partial charge on any atom is 0.242 e. The van der Waals surface area contributed by atoms with Crippen LogP contribution in [-0.4, -0.2) is 50.3 Å². The third kappa shape index (κ3) is 3.14. The molecule has 0 aliphatic carbocycles. The lowest BCUT2D eigenvalue weighted by molar-refractivity contribution is -0.136. The fourth-order valence-corrected chi connectivity index (χ4v) is 3.78. The summed E-state index contributed by atoms with van der Waals surface area (Å²) in [4.78, 5) is 26.1. The van der Waals surface area contributed by atoms with Crippen molar-refractivity contribution in [2.45, 2.75) is 44.3 Å².